The highest BCUT2D eigenvalue weighted by Gasteiger charge is 2.30. The Bertz CT molecular complexity index is 409. The number of ether oxygens (including phenoxy) is 1. The molecule has 4 unspecified atom stereocenters. The molecular formula is C17H34N2O3S. The molecule has 0 aromatic rings. The number of amides is 1. The number of nitrogens with zero attached hydrogens (tertiary/aromatic N) is 1. The summed E-state index contributed by atoms with van der Waals surface area (Å²) in [5.74, 6) is 1.17. The van der Waals surface area contributed by atoms with Crippen molar-refractivity contribution in [3.05, 3.63) is 0 Å². The largest absolute Gasteiger partial charge is 0.444 e. The molecule has 0 aromatic heterocycles. The Morgan fingerprint density at radius 3 is 2.61 bits per heavy atom. The van der Waals surface area contributed by atoms with Crippen molar-refractivity contribution in [2.24, 2.45) is 5.92 Å². The Hall–Kier alpha value is -0.620. The van der Waals surface area contributed by atoms with Gasteiger partial charge in [-0.05, 0) is 59.8 Å². The lowest BCUT2D eigenvalue weighted by Gasteiger charge is -2.37. The van der Waals surface area contributed by atoms with Gasteiger partial charge in [-0.3, -0.25) is 4.21 Å². The Kier molecular flexibility index (Phi) is 8.01. The van der Waals surface area contributed by atoms with E-state index in [1.54, 1.807) is 6.26 Å². The molecule has 0 aliphatic carbocycles. The van der Waals surface area contributed by atoms with Gasteiger partial charge in [-0.1, -0.05) is 0 Å². The molecule has 1 saturated heterocycles. The molecule has 5 nitrogen and oxygen atoms in total. The highest BCUT2D eigenvalue weighted by atomic mass is 32.2. The van der Waals surface area contributed by atoms with Crippen LogP contribution in [0, 0.1) is 5.92 Å². The molecule has 1 N–H and O–H groups in total. The molecule has 0 bridgehead atoms. The third kappa shape index (κ3) is 8.15. The maximum absolute atomic E-state index is 12.2. The van der Waals surface area contributed by atoms with Crippen molar-refractivity contribution in [2.75, 3.05) is 25.1 Å². The van der Waals surface area contributed by atoms with Crippen LogP contribution in [0.25, 0.3) is 0 Å². The first-order chi connectivity index (χ1) is 10.6. The molecule has 4 atom stereocenters. The van der Waals surface area contributed by atoms with Crippen LogP contribution < -0.4 is 5.32 Å². The SMILES string of the molecule is CC(CCS(C)=O)NC(C)C1CCCN(C(=O)OC(C)(C)C)C1. The Labute approximate surface area is 144 Å². The zero-order valence-electron chi connectivity index (χ0n) is 15.6. The fourth-order valence-electron chi connectivity index (χ4n) is 2.92. The summed E-state index contributed by atoms with van der Waals surface area (Å²) in [6.07, 6.45) is 4.60. The molecule has 0 spiro atoms. The minimum Gasteiger partial charge on any atom is -0.444 e. The number of hydrogen-bond acceptors (Lipinski definition) is 4. The van der Waals surface area contributed by atoms with Gasteiger partial charge in [-0.15, -0.1) is 0 Å². The van der Waals surface area contributed by atoms with Crippen LogP contribution in [0.2, 0.25) is 0 Å². The van der Waals surface area contributed by atoms with E-state index in [9.17, 15) is 9.00 Å². The second-order valence-corrected chi connectivity index (χ2v) is 9.31. The van der Waals surface area contributed by atoms with Crippen molar-refractivity contribution in [1.82, 2.24) is 10.2 Å². The highest BCUT2D eigenvalue weighted by Crippen LogP contribution is 2.22. The van der Waals surface area contributed by atoms with Crippen LogP contribution >= 0.6 is 0 Å². The van der Waals surface area contributed by atoms with Crippen LogP contribution in [-0.4, -0.2) is 58.0 Å². The van der Waals surface area contributed by atoms with Gasteiger partial charge in [0.05, 0.1) is 0 Å². The maximum Gasteiger partial charge on any atom is 0.410 e. The van der Waals surface area contributed by atoms with Crippen molar-refractivity contribution >= 4 is 16.9 Å². The quantitative estimate of drug-likeness (QED) is 0.803. The molecule has 0 saturated carbocycles. The molecule has 1 aliphatic rings. The molecule has 6 heteroatoms. The number of nitrogens with one attached hydrogen (secondary N) is 1. The van der Waals surface area contributed by atoms with E-state index in [0.29, 0.717) is 18.0 Å². The molecule has 1 heterocycles. The summed E-state index contributed by atoms with van der Waals surface area (Å²) in [6.45, 7) is 11.5. The first-order valence-corrected chi connectivity index (χ1v) is 10.3. The van der Waals surface area contributed by atoms with E-state index in [2.05, 4.69) is 19.2 Å². The fourth-order valence-corrected chi connectivity index (χ4v) is 3.61. The zero-order chi connectivity index (χ0) is 17.6. The van der Waals surface area contributed by atoms with Gasteiger partial charge in [0.1, 0.15) is 5.60 Å². The van der Waals surface area contributed by atoms with Crippen LogP contribution in [0.15, 0.2) is 0 Å². The van der Waals surface area contributed by atoms with E-state index in [1.165, 1.54) is 0 Å². The summed E-state index contributed by atoms with van der Waals surface area (Å²) >= 11 is 0. The molecule has 1 amide bonds. The van der Waals surface area contributed by atoms with E-state index in [-0.39, 0.29) is 6.09 Å². The Balaban J connectivity index is 2.47. The summed E-state index contributed by atoms with van der Waals surface area (Å²) in [5.41, 5.74) is -0.446. The van der Waals surface area contributed by atoms with Crippen LogP contribution in [-0.2, 0) is 15.5 Å². The molecule has 1 aliphatic heterocycles. The number of rotatable bonds is 6. The van der Waals surface area contributed by atoms with Crippen molar-refractivity contribution < 1.29 is 13.7 Å². The van der Waals surface area contributed by atoms with E-state index in [4.69, 9.17) is 4.74 Å². The summed E-state index contributed by atoms with van der Waals surface area (Å²) in [4.78, 5) is 14.1. The minimum atomic E-state index is -0.737. The van der Waals surface area contributed by atoms with Gasteiger partial charge in [0.2, 0.25) is 0 Å². The van der Waals surface area contributed by atoms with Gasteiger partial charge in [0.25, 0.3) is 0 Å². The van der Waals surface area contributed by atoms with Crippen molar-refractivity contribution in [3.8, 4) is 0 Å². The highest BCUT2D eigenvalue weighted by molar-refractivity contribution is 7.84. The smallest absolute Gasteiger partial charge is 0.410 e. The predicted octanol–water partition coefficient (Wildman–Crippen LogP) is 2.77. The molecule has 1 fully saturated rings. The van der Waals surface area contributed by atoms with Crippen LogP contribution in [0.5, 0.6) is 0 Å². The third-order valence-electron chi connectivity index (χ3n) is 4.20. The van der Waals surface area contributed by atoms with Crippen molar-refractivity contribution in [3.63, 3.8) is 0 Å². The van der Waals surface area contributed by atoms with Gasteiger partial charge >= 0.3 is 6.09 Å². The monoisotopic (exact) mass is 346 g/mol. The van der Waals surface area contributed by atoms with E-state index >= 15 is 0 Å². The third-order valence-corrected chi connectivity index (χ3v) is 5.01. The van der Waals surface area contributed by atoms with Crippen molar-refractivity contribution in [2.45, 2.75) is 71.6 Å². The van der Waals surface area contributed by atoms with Crippen LogP contribution in [0.1, 0.15) is 53.9 Å². The number of carbonyl (C=O) groups is 1. The lowest BCUT2D eigenvalue weighted by Crippen LogP contribution is -2.49. The lowest BCUT2D eigenvalue weighted by molar-refractivity contribution is 0.0146. The Morgan fingerprint density at radius 1 is 1.39 bits per heavy atom. The number of likely N-dealkylation sites (tertiary alicyclic amines) is 1. The number of piperidine rings is 1. The molecule has 23 heavy (non-hydrogen) atoms. The molecule has 1 rings (SSSR count). The van der Waals surface area contributed by atoms with Crippen LogP contribution in [0.4, 0.5) is 4.79 Å². The number of hydrogen-bond donors (Lipinski definition) is 1. The summed E-state index contributed by atoms with van der Waals surface area (Å²) in [7, 11) is -0.737. The van der Waals surface area contributed by atoms with E-state index in [0.717, 1.165) is 38.1 Å². The standard InChI is InChI=1S/C17H34N2O3S/c1-13(9-11-23(6)21)18-14(2)15-8-7-10-19(12-15)16(20)22-17(3,4)5/h13-15,18H,7-12H2,1-6H3. The predicted molar refractivity (Wildman–Crippen MR) is 96.1 cm³/mol. The second-order valence-electron chi connectivity index (χ2n) is 7.75. The Morgan fingerprint density at radius 2 is 2.04 bits per heavy atom. The van der Waals surface area contributed by atoms with Gasteiger partial charge < -0.3 is 15.0 Å². The van der Waals surface area contributed by atoms with Gasteiger partial charge in [-0.25, -0.2) is 4.79 Å². The maximum atomic E-state index is 12.2. The average Bonchev–Trinajstić information content (AvgIpc) is 2.43. The molecule has 136 valence electrons. The van der Waals surface area contributed by atoms with E-state index in [1.807, 2.05) is 25.7 Å². The summed E-state index contributed by atoms with van der Waals surface area (Å²) in [5, 5.41) is 3.60. The summed E-state index contributed by atoms with van der Waals surface area (Å²) < 4.78 is 16.7. The normalized spacial score (nSPS) is 23.2. The van der Waals surface area contributed by atoms with Gasteiger partial charge in [-0.2, -0.15) is 0 Å². The first kappa shape index (κ1) is 20.4. The van der Waals surface area contributed by atoms with E-state index < -0.39 is 16.4 Å². The van der Waals surface area contributed by atoms with Gasteiger partial charge in [0.15, 0.2) is 0 Å². The average molecular weight is 347 g/mol. The van der Waals surface area contributed by atoms with Crippen molar-refractivity contribution in [1.29, 1.82) is 0 Å². The second kappa shape index (κ2) is 9.02. The molecule has 0 radical (unpaired) electrons. The first-order valence-electron chi connectivity index (χ1n) is 8.62. The molecule has 0 aromatic carbocycles. The zero-order valence-corrected chi connectivity index (χ0v) is 16.4. The number of carbonyl (C=O) groups excluding carboxylic acids is 1. The summed E-state index contributed by atoms with van der Waals surface area (Å²) in [6, 6.07) is 0.673. The topological polar surface area (TPSA) is 58.6 Å². The van der Waals surface area contributed by atoms with Gasteiger partial charge in [0, 0.05) is 48.0 Å². The van der Waals surface area contributed by atoms with Crippen LogP contribution in [0.3, 0.4) is 0 Å². The fraction of sp³-hybridized carbons (Fsp3) is 0.941. The minimum absolute atomic E-state index is 0.205. The molecular weight excluding hydrogens is 312 g/mol. The lowest BCUT2D eigenvalue weighted by atomic mass is 9.91.